The molecule has 0 heterocycles. The van der Waals surface area contributed by atoms with E-state index in [4.69, 9.17) is 0 Å². The highest BCUT2D eigenvalue weighted by molar-refractivity contribution is 9.09. The normalized spacial score (nSPS) is 18.2. The minimum Gasteiger partial charge on any atom is -0.303 e. The smallest absolute Gasteiger partial charge is 0.0159 e. The third-order valence-electron chi connectivity index (χ3n) is 4.06. The molecule has 3 heteroatoms. The third-order valence-corrected chi connectivity index (χ3v) is 4.42. The summed E-state index contributed by atoms with van der Waals surface area (Å²) in [6.45, 7) is 10.6. The minimum absolute atomic E-state index is 0.858. The Morgan fingerprint density at radius 3 is 2.12 bits per heavy atom. The van der Waals surface area contributed by atoms with Crippen LogP contribution >= 0.6 is 15.9 Å². The molecule has 0 aromatic carbocycles. The van der Waals surface area contributed by atoms with E-state index in [0.29, 0.717) is 0 Å². The van der Waals surface area contributed by atoms with E-state index in [2.05, 4.69) is 39.6 Å². The summed E-state index contributed by atoms with van der Waals surface area (Å²) in [7, 11) is 0. The van der Waals surface area contributed by atoms with Crippen molar-refractivity contribution in [3.63, 3.8) is 0 Å². The largest absolute Gasteiger partial charge is 0.303 e. The van der Waals surface area contributed by atoms with Gasteiger partial charge in [0.15, 0.2) is 0 Å². The number of likely N-dealkylation sites (N-methyl/N-ethyl adjacent to an activating group) is 1. The van der Waals surface area contributed by atoms with E-state index in [0.717, 1.165) is 11.4 Å². The second kappa shape index (κ2) is 9.35. The van der Waals surface area contributed by atoms with E-state index in [1.165, 1.54) is 64.8 Å². The minimum atomic E-state index is 0.858. The van der Waals surface area contributed by atoms with Crippen molar-refractivity contribution in [3.05, 3.63) is 0 Å². The van der Waals surface area contributed by atoms with E-state index in [1.807, 2.05) is 0 Å². The standard InChI is InChI=1S/C14H29BrN2/c1-3-16(4-2)12-13-17(11-10-15)14-8-6-5-7-9-14/h14H,3-13H2,1-2H3. The Morgan fingerprint density at radius 1 is 0.941 bits per heavy atom. The first-order chi connectivity index (χ1) is 8.31. The van der Waals surface area contributed by atoms with Gasteiger partial charge in [-0.25, -0.2) is 0 Å². The summed E-state index contributed by atoms with van der Waals surface area (Å²) in [4.78, 5) is 5.25. The zero-order chi connectivity index (χ0) is 12.5. The molecular weight excluding hydrogens is 276 g/mol. The Kier molecular flexibility index (Phi) is 8.50. The molecule has 1 aliphatic carbocycles. The summed E-state index contributed by atoms with van der Waals surface area (Å²) >= 11 is 3.60. The van der Waals surface area contributed by atoms with E-state index >= 15 is 0 Å². The van der Waals surface area contributed by atoms with Crippen LogP contribution in [-0.2, 0) is 0 Å². The Labute approximate surface area is 116 Å². The van der Waals surface area contributed by atoms with Crippen LogP contribution in [0.15, 0.2) is 0 Å². The molecule has 0 bridgehead atoms. The molecule has 2 nitrogen and oxygen atoms in total. The molecule has 1 rings (SSSR count). The highest BCUT2D eigenvalue weighted by Crippen LogP contribution is 2.22. The van der Waals surface area contributed by atoms with Crippen molar-refractivity contribution in [2.45, 2.75) is 52.0 Å². The van der Waals surface area contributed by atoms with Crippen LogP contribution in [0.25, 0.3) is 0 Å². The first kappa shape index (κ1) is 15.5. The van der Waals surface area contributed by atoms with Gasteiger partial charge in [0, 0.05) is 31.0 Å². The molecule has 0 amide bonds. The van der Waals surface area contributed by atoms with E-state index in [1.54, 1.807) is 0 Å². The van der Waals surface area contributed by atoms with Crippen LogP contribution in [0.5, 0.6) is 0 Å². The fourth-order valence-corrected chi connectivity index (χ4v) is 3.30. The first-order valence-corrected chi connectivity index (χ1v) is 8.46. The predicted molar refractivity (Wildman–Crippen MR) is 80.0 cm³/mol. The molecule has 1 fully saturated rings. The maximum absolute atomic E-state index is 3.60. The third kappa shape index (κ3) is 5.71. The molecule has 17 heavy (non-hydrogen) atoms. The van der Waals surface area contributed by atoms with Gasteiger partial charge < -0.3 is 4.90 Å². The van der Waals surface area contributed by atoms with Crippen LogP contribution in [0.3, 0.4) is 0 Å². The maximum atomic E-state index is 3.60. The van der Waals surface area contributed by atoms with E-state index in [9.17, 15) is 0 Å². The average molecular weight is 305 g/mol. The second-order valence-corrected chi connectivity index (χ2v) is 5.84. The molecule has 0 atom stereocenters. The van der Waals surface area contributed by atoms with Crippen LogP contribution in [-0.4, -0.2) is 53.9 Å². The van der Waals surface area contributed by atoms with Gasteiger partial charge in [-0.3, -0.25) is 4.90 Å². The van der Waals surface area contributed by atoms with Gasteiger partial charge in [-0.15, -0.1) is 0 Å². The van der Waals surface area contributed by atoms with Crippen molar-refractivity contribution >= 4 is 15.9 Å². The van der Waals surface area contributed by atoms with Gasteiger partial charge in [0.05, 0.1) is 0 Å². The van der Waals surface area contributed by atoms with Crippen molar-refractivity contribution in [3.8, 4) is 0 Å². The van der Waals surface area contributed by atoms with E-state index in [-0.39, 0.29) is 0 Å². The predicted octanol–water partition coefficient (Wildman–Crippen LogP) is 3.36. The Morgan fingerprint density at radius 2 is 1.59 bits per heavy atom. The maximum Gasteiger partial charge on any atom is 0.0159 e. The van der Waals surface area contributed by atoms with Crippen molar-refractivity contribution in [2.75, 3.05) is 38.1 Å². The number of hydrogen-bond acceptors (Lipinski definition) is 2. The van der Waals surface area contributed by atoms with Crippen LogP contribution in [0.4, 0.5) is 0 Å². The number of halogens is 1. The highest BCUT2D eigenvalue weighted by atomic mass is 79.9. The summed E-state index contributed by atoms with van der Waals surface area (Å²) in [5.41, 5.74) is 0. The average Bonchev–Trinajstić information content (AvgIpc) is 2.39. The van der Waals surface area contributed by atoms with Gasteiger partial charge >= 0.3 is 0 Å². The Balaban J connectivity index is 2.35. The highest BCUT2D eigenvalue weighted by Gasteiger charge is 2.20. The zero-order valence-electron chi connectivity index (χ0n) is 11.6. The molecule has 102 valence electrons. The number of hydrogen-bond donors (Lipinski definition) is 0. The van der Waals surface area contributed by atoms with Crippen LogP contribution in [0, 0.1) is 0 Å². The lowest BCUT2D eigenvalue weighted by Crippen LogP contribution is -2.43. The molecule has 0 radical (unpaired) electrons. The van der Waals surface area contributed by atoms with Crippen molar-refractivity contribution < 1.29 is 0 Å². The molecule has 1 saturated carbocycles. The van der Waals surface area contributed by atoms with Gasteiger partial charge in [-0.2, -0.15) is 0 Å². The van der Waals surface area contributed by atoms with Crippen LogP contribution in [0.1, 0.15) is 46.0 Å². The van der Waals surface area contributed by atoms with Crippen molar-refractivity contribution in [1.29, 1.82) is 0 Å². The molecule has 0 aliphatic heterocycles. The van der Waals surface area contributed by atoms with Crippen molar-refractivity contribution in [1.82, 2.24) is 9.80 Å². The quantitative estimate of drug-likeness (QED) is 0.635. The van der Waals surface area contributed by atoms with E-state index < -0.39 is 0 Å². The lowest BCUT2D eigenvalue weighted by molar-refractivity contribution is 0.143. The first-order valence-electron chi connectivity index (χ1n) is 7.34. The van der Waals surface area contributed by atoms with Crippen LogP contribution < -0.4 is 0 Å². The Bertz CT molecular complexity index is 177. The lowest BCUT2D eigenvalue weighted by atomic mass is 9.94. The number of nitrogens with zero attached hydrogens (tertiary/aromatic N) is 2. The molecule has 0 saturated heterocycles. The molecule has 0 N–H and O–H groups in total. The second-order valence-electron chi connectivity index (χ2n) is 5.04. The summed E-state index contributed by atoms with van der Waals surface area (Å²) in [6.07, 6.45) is 7.18. The topological polar surface area (TPSA) is 6.48 Å². The van der Waals surface area contributed by atoms with Crippen molar-refractivity contribution in [2.24, 2.45) is 0 Å². The molecule has 1 aliphatic rings. The monoisotopic (exact) mass is 304 g/mol. The molecular formula is C14H29BrN2. The molecule has 0 aromatic rings. The van der Waals surface area contributed by atoms with Gasteiger partial charge in [0.1, 0.15) is 0 Å². The summed E-state index contributed by atoms with van der Waals surface area (Å²) in [6, 6.07) is 0.858. The van der Waals surface area contributed by atoms with Crippen LogP contribution in [0.2, 0.25) is 0 Å². The zero-order valence-corrected chi connectivity index (χ0v) is 13.2. The fraction of sp³-hybridized carbons (Fsp3) is 1.00. The SMILES string of the molecule is CCN(CC)CCN(CCBr)C1CCCCC1. The van der Waals surface area contributed by atoms with Gasteiger partial charge in [-0.1, -0.05) is 49.0 Å². The van der Waals surface area contributed by atoms with Gasteiger partial charge in [0.2, 0.25) is 0 Å². The fourth-order valence-electron chi connectivity index (χ4n) is 2.84. The summed E-state index contributed by atoms with van der Waals surface area (Å²) in [5.74, 6) is 0. The lowest BCUT2D eigenvalue weighted by Gasteiger charge is -2.35. The summed E-state index contributed by atoms with van der Waals surface area (Å²) in [5, 5.41) is 1.11. The molecule has 0 spiro atoms. The molecule has 0 unspecified atom stereocenters. The molecule has 0 aromatic heterocycles. The number of alkyl halides is 1. The Hall–Kier alpha value is 0.400. The van der Waals surface area contributed by atoms with Gasteiger partial charge in [-0.05, 0) is 25.9 Å². The van der Waals surface area contributed by atoms with Gasteiger partial charge in [0.25, 0.3) is 0 Å². The number of rotatable bonds is 8. The summed E-state index contributed by atoms with van der Waals surface area (Å²) < 4.78 is 0.